The molecule has 21 heavy (non-hydrogen) atoms. The van der Waals surface area contributed by atoms with Gasteiger partial charge in [-0.3, -0.25) is 9.80 Å². The summed E-state index contributed by atoms with van der Waals surface area (Å²) >= 11 is 0. The van der Waals surface area contributed by atoms with Gasteiger partial charge in [-0.05, 0) is 72.1 Å². The van der Waals surface area contributed by atoms with Crippen LogP contribution in [0.1, 0.15) is 73.6 Å². The van der Waals surface area contributed by atoms with Crippen LogP contribution in [0.15, 0.2) is 11.3 Å². The van der Waals surface area contributed by atoms with Crippen molar-refractivity contribution in [2.24, 2.45) is 0 Å². The summed E-state index contributed by atoms with van der Waals surface area (Å²) in [5.74, 6) is 0. The average molecular weight is 313 g/mol. The molecule has 0 aromatic heterocycles. The topological polar surface area (TPSA) is 6.48 Å². The van der Waals surface area contributed by atoms with Gasteiger partial charge in [-0.1, -0.05) is 33.3 Å². The predicted octanol–water partition coefficient (Wildman–Crippen LogP) is 3.61. The molecule has 0 rings (SSSR count). The van der Waals surface area contributed by atoms with E-state index >= 15 is 0 Å². The molecule has 126 valence electrons. The van der Waals surface area contributed by atoms with Gasteiger partial charge in [0.15, 0.2) is 0 Å². The molecule has 0 aromatic carbocycles. The lowest BCUT2D eigenvalue weighted by Crippen LogP contribution is -2.59. The molecule has 0 aliphatic heterocycles. The maximum Gasteiger partial charge on any atom is 0.0746 e. The van der Waals surface area contributed by atoms with Gasteiger partial charge in [-0.2, -0.15) is 0 Å². The molecule has 0 spiro atoms. The van der Waals surface area contributed by atoms with Crippen LogP contribution in [0, 0.1) is 0 Å². The van der Waals surface area contributed by atoms with Crippen molar-refractivity contribution in [2.75, 3.05) is 26.2 Å². The molecular weight excluding hydrogens is 272 g/mol. The van der Waals surface area contributed by atoms with Gasteiger partial charge in [0, 0.05) is 10.2 Å². The van der Waals surface area contributed by atoms with Crippen molar-refractivity contribution in [1.29, 1.82) is 0 Å². The molecule has 0 aliphatic carbocycles. The Bertz CT molecular complexity index is 261. The SMILES string of the molecule is CCCN(CCC)C(C)(C/C(C)=C/[SiH3])N(CCC)CCC. The predicted molar refractivity (Wildman–Crippen MR) is 101 cm³/mol. The summed E-state index contributed by atoms with van der Waals surface area (Å²) in [4.78, 5) is 5.49. The Morgan fingerprint density at radius 2 is 1.19 bits per heavy atom. The normalized spacial score (nSPS) is 13.6. The lowest BCUT2D eigenvalue weighted by molar-refractivity contribution is -0.0472. The zero-order valence-electron chi connectivity index (χ0n) is 15.8. The largest absolute Gasteiger partial charge is 0.285 e. The minimum atomic E-state index is 0.184. The highest BCUT2D eigenvalue weighted by atomic mass is 28.1. The van der Waals surface area contributed by atoms with Crippen LogP contribution in [0.4, 0.5) is 0 Å². The van der Waals surface area contributed by atoms with Gasteiger partial charge in [-0.25, -0.2) is 0 Å². The zero-order valence-corrected chi connectivity index (χ0v) is 17.8. The van der Waals surface area contributed by atoms with Crippen LogP contribution >= 0.6 is 0 Å². The molecule has 0 saturated heterocycles. The third kappa shape index (κ3) is 6.66. The first kappa shape index (κ1) is 20.9. The lowest BCUT2D eigenvalue weighted by atomic mass is 9.97. The van der Waals surface area contributed by atoms with Crippen LogP contribution in [-0.4, -0.2) is 51.9 Å². The maximum atomic E-state index is 2.74. The number of hydrogen-bond donors (Lipinski definition) is 0. The van der Waals surface area contributed by atoms with E-state index in [2.05, 4.69) is 57.0 Å². The summed E-state index contributed by atoms with van der Waals surface area (Å²) in [6, 6.07) is 0. The highest BCUT2D eigenvalue weighted by Gasteiger charge is 2.36. The van der Waals surface area contributed by atoms with E-state index in [0.717, 1.165) is 0 Å². The van der Waals surface area contributed by atoms with E-state index in [9.17, 15) is 0 Å². The standard InChI is InChI=1S/C18H40N2Si/c1-7-11-19(12-8-2)18(6,15-17(5)16-21)20(13-9-3)14-10-4/h16H,7-15H2,1-6,21H3/b17-16+. The van der Waals surface area contributed by atoms with Gasteiger partial charge in [0.25, 0.3) is 0 Å². The van der Waals surface area contributed by atoms with Crippen molar-refractivity contribution in [1.82, 2.24) is 9.80 Å². The monoisotopic (exact) mass is 312 g/mol. The molecule has 0 amide bonds. The first-order valence-corrected chi connectivity index (χ1v) is 10.3. The molecule has 0 aliphatic rings. The van der Waals surface area contributed by atoms with Crippen molar-refractivity contribution in [3.8, 4) is 0 Å². The maximum absolute atomic E-state index is 2.74. The molecule has 0 fully saturated rings. The highest BCUT2D eigenvalue weighted by Crippen LogP contribution is 2.29. The fraction of sp³-hybridized carbons (Fsp3) is 0.889. The number of nitrogens with zero attached hydrogens (tertiary/aromatic N) is 2. The van der Waals surface area contributed by atoms with Gasteiger partial charge in [0.2, 0.25) is 0 Å². The molecule has 0 unspecified atom stereocenters. The highest BCUT2D eigenvalue weighted by molar-refractivity contribution is 6.17. The van der Waals surface area contributed by atoms with E-state index < -0.39 is 0 Å². The summed E-state index contributed by atoms with van der Waals surface area (Å²) in [6.07, 6.45) is 6.16. The van der Waals surface area contributed by atoms with E-state index in [1.807, 2.05) is 0 Å². The second kappa shape index (κ2) is 11.4. The molecule has 0 atom stereocenters. The molecule has 0 saturated carbocycles. The molecule has 0 radical (unpaired) electrons. The summed E-state index contributed by atoms with van der Waals surface area (Å²) in [7, 11) is 1.17. The van der Waals surface area contributed by atoms with Gasteiger partial charge in [-0.15, -0.1) is 5.70 Å². The Morgan fingerprint density at radius 1 is 0.857 bits per heavy atom. The zero-order chi connectivity index (χ0) is 16.3. The van der Waals surface area contributed by atoms with E-state index in [1.165, 1.54) is 68.5 Å². The minimum Gasteiger partial charge on any atom is -0.285 e. The third-order valence-corrected chi connectivity index (χ3v) is 5.43. The van der Waals surface area contributed by atoms with E-state index in [1.54, 1.807) is 5.57 Å². The molecule has 0 heterocycles. The Morgan fingerprint density at radius 3 is 1.43 bits per heavy atom. The van der Waals surface area contributed by atoms with Crippen molar-refractivity contribution in [3.05, 3.63) is 11.3 Å². The first-order valence-electron chi connectivity index (χ1n) is 9.11. The van der Waals surface area contributed by atoms with Crippen LogP contribution < -0.4 is 0 Å². The summed E-state index contributed by atoms with van der Waals surface area (Å²) in [5.41, 5.74) is 4.17. The minimum absolute atomic E-state index is 0.184. The van der Waals surface area contributed by atoms with Gasteiger partial charge in [0.05, 0.1) is 5.66 Å². The molecule has 0 N–H and O–H groups in total. The molecule has 2 nitrogen and oxygen atoms in total. The third-order valence-electron chi connectivity index (χ3n) is 4.44. The van der Waals surface area contributed by atoms with Crippen molar-refractivity contribution in [2.45, 2.75) is 79.3 Å². The summed E-state index contributed by atoms with van der Waals surface area (Å²) in [6.45, 7) is 18.9. The number of rotatable bonds is 12. The van der Waals surface area contributed by atoms with Crippen LogP contribution in [0.5, 0.6) is 0 Å². The Kier molecular flexibility index (Phi) is 11.4. The molecule has 0 bridgehead atoms. The molecular formula is C18H40N2Si. The van der Waals surface area contributed by atoms with Crippen molar-refractivity contribution < 1.29 is 0 Å². The van der Waals surface area contributed by atoms with Gasteiger partial charge in [0.1, 0.15) is 0 Å². The first-order chi connectivity index (χ1) is 9.99. The second-order valence-electron chi connectivity index (χ2n) is 6.50. The fourth-order valence-electron chi connectivity index (χ4n) is 3.32. The van der Waals surface area contributed by atoms with Crippen molar-refractivity contribution >= 4 is 10.2 Å². The lowest BCUT2D eigenvalue weighted by Gasteiger charge is -2.50. The van der Waals surface area contributed by atoms with Crippen LogP contribution in [0.2, 0.25) is 0 Å². The van der Waals surface area contributed by atoms with E-state index in [4.69, 9.17) is 0 Å². The fourth-order valence-corrected chi connectivity index (χ4v) is 3.52. The second-order valence-corrected chi connectivity index (χ2v) is 7.08. The van der Waals surface area contributed by atoms with E-state index in [-0.39, 0.29) is 5.66 Å². The van der Waals surface area contributed by atoms with Gasteiger partial charge < -0.3 is 0 Å². The Hall–Kier alpha value is -0.123. The average Bonchev–Trinajstić information content (AvgIpc) is 2.46. The molecule has 3 heteroatoms. The van der Waals surface area contributed by atoms with Crippen LogP contribution in [-0.2, 0) is 0 Å². The van der Waals surface area contributed by atoms with E-state index in [0.29, 0.717) is 0 Å². The number of hydrogen-bond acceptors (Lipinski definition) is 2. The quantitative estimate of drug-likeness (QED) is 0.401. The summed E-state index contributed by atoms with van der Waals surface area (Å²) < 4.78 is 0. The molecule has 0 aromatic rings. The van der Waals surface area contributed by atoms with Crippen LogP contribution in [0.25, 0.3) is 0 Å². The van der Waals surface area contributed by atoms with Crippen molar-refractivity contribution in [3.63, 3.8) is 0 Å². The Balaban J connectivity index is 5.45. The van der Waals surface area contributed by atoms with Crippen LogP contribution in [0.3, 0.4) is 0 Å². The smallest absolute Gasteiger partial charge is 0.0746 e. The summed E-state index contributed by atoms with van der Waals surface area (Å²) in [5, 5.41) is 0. The van der Waals surface area contributed by atoms with Gasteiger partial charge >= 0.3 is 0 Å². The Labute approximate surface area is 137 Å².